The van der Waals surface area contributed by atoms with Crippen molar-refractivity contribution in [2.24, 2.45) is 0 Å². The third kappa shape index (κ3) is 4.19. The van der Waals surface area contributed by atoms with Gasteiger partial charge in [0.15, 0.2) is 7.14 Å². The molecule has 0 aliphatic carbocycles. The van der Waals surface area contributed by atoms with Crippen molar-refractivity contribution in [3.63, 3.8) is 0 Å². The molecule has 1 aliphatic heterocycles. The minimum absolute atomic E-state index is 0.0563. The quantitative estimate of drug-likeness (QED) is 0.540. The molecule has 0 N–H and O–H groups in total. The third-order valence-corrected chi connectivity index (χ3v) is 9.10. The van der Waals surface area contributed by atoms with Crippen LogP contribution in [-0.4, -0.2) is 30.1 Å². The number of amides is 2. The fourth-order valence-corrected chi connectivity index (χ4v) is 7.20. The maximum absolute atomic E-state index is 14.9. The summed E-state index contributed by atoms with van der Waals surface area (Å²) in [6.07, 6.45) is -0.693. The van der Waals surface area contributed by atoms with E-state index >= 15 is 0 Å². The molecular weight excluding hydrogens is 409 g/mol. The molecule has 6 heteroatoms. The molecule has 158 valence electrons. The smallest absolute Gasteiger partial charge is 0.416 e. The summed E-state index contributed by atoms with van der Waals surface area (Å²) < 4.78 is 19.9. The predicted octanol–water partition coefficient (Wildman–Crippen LogP) is 4.42. The summed E-state index contributed by atoms with van der Waals surface area (Å²) in [5.74, 6) is -0.375. The minimum atomic E-state index is -3.28. The molecule has 0 aromatic heterocycles. The molecule has 0 saturated carbocycles. The van der Waals surface area contributed by atoms with Crippen LogP contribution in [0.25, 0.3) is 0 Å². The number of nitrogens with zero attached hydrogens (tertiary/aromatic N) is 1. The Morgan fingerprint density at radius 1 is 0.935 bits per heavy atom. The Morgan fingerprint density at radius 2 is 1.48 bits per heavy atom. The standard InChI is InChI=1S/C25H24NO4P/c1-19-12-14-20(15-13-19)23(18-24(27)26-16-17-30-25(26)28)31(29,21-8-4-2-5-9-21)22-10-6-3-7-11-22/h2-15,23H,16-18H2,1H3/t23-/m0/s1. The van der Waals surface area contributed by atoms with Crippen molar-refractivity contribution in [1.29, 1.82) is 0 Å². The molecule has 3 aromatic rings. The summed E-state index contributed by atoms with van der Waals surface area (Å²) >= 11 is 0. The predicted molar refractivity (Wildman–Crippen MR) is 121 cm³/mol. The number of rotatable bonds is 6. The van der Waals surface area contributed by atoms with Crippen molar-refractivity contribution in [1.82, 2.24) is 4.90 Å². The van der Waals surface area contributed by atoms with Crippen LogP contribution in [0.4, 0.5) is 4.79 Å². The van der Waals surface area contributed by atoms with Crippen LogP contribution in [-0.2, 0) is 14.1 Å². The van der Waals surface area contributed by atoms with E-state index in [0.717, 1.165) is 16.0 Å². The highest BCUT2D eigenvalue weighted by Crippen LogP contribution is 2.59. The second-order valence-corrected chi connectivity index (χ2v) is 10.6. The Labute approximate surface area is 182 Å². The molecule has 1 fully saturated rings. The van der Waals surface area contributed by atoms with E-state index in [2.05, 4.69) is 0 Å². The fourth-order valence-electron chi connectivity index (χ4n) is 3.95. The summed E-state index contributed by atoms with van der Waals surface area (Å²) in [5, 5.41) is 1.37. The largest absolute Gasteiger partial charge is 0.447 e. The number of hydrogen-bond donors (Lipinski definition) is 0. The lowest BCUT2D eigenvalue weighted by Crippen LogP contribution is -2.34. The molecule has 0 bridgehead atoms. The first-order chi connectivity index (χ1) is 15.0. The number of cyclic esters (lactones) is 1. The van der Waals surface area contributed by atoms with Gasteiger partial charge in [-0.15, -0.1) is 0 Å². The number of aryl methyl sites for hydroxylation is 1. The van der Waals surface area contributed by atoms with Crippen LogP contribution in [0.15, 0.2) is 84.9 Å². The zero-order chi connectivity index (χ0) is 21.8. The molecule has 1 saturated heterocycles. The van der Waals surface area contributed by atoms with E-state index in [1.165, 1.54) is 0 Å². The van der Waals surface area contributed by atoms with Crippen LogP contribution in [0.1, 0.15) is 23.2 Å². The van der Waals surface area contributed by atoms with Crippen LogP contribution in [0.5, 0.6) is 0 Å². The van der Waals surface area contributed by atoms with Gasteiger partial charge in [-0.05, 0) is 12.5 Å². The van der Waals surface area contributed by atoms with Gasteiger partial charge < -0.3 is 9.30 Å². The van der Waals surface area contributed by atoms with Crippen molar-refractivity contribution in [2.45, 2.75) is 19.0 Å². The monoisotopic (exact) mass is 433 g/mol. The van der Waals surface area contributed by atoms with Crippen molar-refractivity contribution < 1.29 is 18.9 Å². The lowest BCUT2D eigenvalue weighted by atomic mass is 10.1. The zero-order valence-electron chi connectivity index (χ0n) is 17.3. The van der Waals surface area contributed by atoms with Crippen LogP contribution in [0, 0.1) is 6.92 Å². The van der Waals surface area contributed by atoms with E-state index in [1.807, 2.05) is 91.9 Å². The molecule has 4 rings (SSSR count). The van der Waals surface area contributed by atoms with Gasteiger partial charge in [-0.2, -0.15) is 0 Å². The zero-order valence-corrected chi connectivity index (χ0v) is 18.2. The van der Waals surface area contributed by atoms with Gasteiger partial charge in [-0.1, -0.05) is 90.5 Å². The molecule has 3 aromatic carbocycles. The lowest BCUT2D eigenvalue weighted by molar-refractivity contribution is -0.127. The summed E-state index contributed by atoms with van der Waals surface area (Å²) in [6.45, 7) is 2.40. The maximum Gasteiger partial charge on any atom is 0.416 e. The summed E-state index contributed by atoms with van der Waals surface area (Å²) in [4.78, 5) is 26.2. The first-order valence-corrected chi connectivity index (χ1v) is 12.0. The summed E-state index contributed by atoms with van der Waals surface area (Å²) in [6, 6.07) is 26.4. The van der Waals surface area contributed by atoms with Crippen molar-refractivity contribution >= 4 is 29.8 Å². The Kier molecular flexibility index (Phi) is 6.06. The van der Waals surface area contributed by atoms with Crippen LogP contribution >= 0.6 is 7.14 Å². The van der Waals surface area contributed by atoms with Gasteiger partial charge in [0.2, 0.25) is 5.91 Å². The fraction of sp³-hybridized carbons (Fsp3) is 0.200. The molecule has 1 aliphatic rings. The minimum Gasteiger partial charge on any atom is -0.447 e. The van der Waals surface area contributed by atoms with Crippen LogP contribution < -0.4 is 10.6 Å². The Morgan fingerprint density at radius 3 is 1.97 bits per heavy atom. The number of imide groups is 1. The van der Waals surface area contributed by atoms with Crippen LogP contribution in [0.2, 0.25) is 0 Å². The molecule has 0 unspecified atom stereocenters. The SMILES string of the molecule is Cc1ccc([C@H](CC(=O)N2CCOC2=O)P(=O)(c2ccccc2)c2ccccc2)cc1. The molecule has 0 spiro atoms. The van der Waals surface area contributed by atoms with Crippen LogP contribution in [0.3, 0.4) is 0 Å². The van der Waals surface area contributed by atoms with E-state index < -0.39 is 18.9 Å². The second-order valence-electron chi connectivity index (χ2n) is 7.62. The van der Waals surface area contributed by atoms with Gasteiger partial charge in [0.05, 0.1) is 12.2 Å². The number of ether oxygens (including phenoxy) is 1. The second kappa shape index (κ2) is 8.91. The molecule has 5 nitrogen and oxygen atoms in total. The van der Waals surface area contributed by atoms with E-state index in [0.29, 0.717) is 10.6 Å². The number of hydrogen-bond acceptors (Lipinski definition) is 4. The maximum atomic E-state index is 14.9. The molecule has 31 heavy (non-hydrogen) atoms. The average Bonchev–Trinajstić information content (AvgIpc) is 3.25. The first-order valence-electron chi connectivity index (χ1n) is 10.2. The van der Waals surface area contributed by atoms with Gasteiger partial charge in [0.25, 0.3) is 0 Å². The van der Waals surface area contributed by atoms with Crippen molar-refractivity contribution in [3.8, 4) is 0 Å². The normalized spacial score (nSPS) is 14.9. The Balaban J connectivity index is 1.86. The van der Waals surface area contributed by atoms with Crippen molar-refractivity contribution in [2.75, 3.05) is 13.2 Å². The highest BCUT2D eigenvalue weighted by atomic mass is 31.2. The number of benzene rings is 3. The van der Waals surface area contributed by atoms with Gasteiger partial charge in [-0.3, -0.25) is 4.79 Å². The number of carbonyl (C=O) groups excluding carboxylic acids is 2. The molecular formula is C25H24NO4P. The Hall–Kier alpha value is -3.17. The van der Waals surface area contributed by atoms with E-state index in [1.54, 1.807) is 0 Å². The lowest BCUT2D eigenvalue weighted by Gasteiger charge is -2.30. The van der Waals surface area contributed by atoms with E-state index in [4.69, 9.17) is 4.74 Å². The Bertz CT molecular complexity index is 1070. The third-order valence-electron chi connectivity index (χ3n) is 5.61. The number of carbonyl (C=O) groups is 2. The summed E-state index contributed by atoms with van der Waals surface area (Å²) in [5.41, 5.74) is 1.27. The van der Waals surface area contributed by atoms with Gasteiger partial charge in [-0.25, -0.2) is 9.69 Å². The van der Waals surface area contributed by atoms with Gasteiger partial charge in [0.1, 0.15) is 6.61 Å². The molecule has 1 atom stereocenters. The topological polar surface area (TPSA) is 63.7 Å². The summed E-state index contributed by atoms with van der Waals surface area (Å²) in [7, 11) is -3.28. The highest BCUT2D eigenvalue weighted by Gasteiger charge is 2.41. The van der Waals surface area contributed by atoms with Gasteiger partial charge >= 0.3 is 6.09 Å². The molecule has 1 heterocycles. The van der Waals surface area contributed by atoms with Crippen molar-refractivity contribution in [3.05, 3.63) is 96.1 Å². The van der Waals surface area contributed by atoms with Gasteiger partial charge in [0, 0.05) is 17.0 Å². The molecule has 0 radical (unpaired) electrons. The average molecular weight is 433 g/mol. The highest BCUT2D eigenvalue weighted by molar-refractivity contribution is 7.79. The van der Waals surface area contributed by atoms with E-state index in [-0.39, 0.29) is 25.5 Å². The first kappa shape index (κ1) is 21.1. The molecule has 2 amide bonds. The van der Waals surface area contributed by atoms with E-state index in [9.17, 15) is 14.2 Å².